The molecule has 0 radical (unpaired) electrons. The minimum atomic E-state index is 0.401. The molecule has 0 rings (SSSR count). The minimum Gasteiger partial charge on any atom is -0.377 e. The average Bonchev–Trinajstić information content (AvgIpc) is 2.35. The quantitative estimate of drug-likeness (QED) is 0.520. The van der Waals surface area contributed by atoms with Gasteiger partial charge in [-0.05, 0) is 32.2 Å². The fourth-order valence-corrected chi connectivity index (χ4v) is 2.17. The Bertz CT molecular complexity index is 150. The van der Waals surface area contributed by atoms with Crippen molar-refractivity contribution >= 4 is 0 Å². The van der Waals surface area contributed by atoms with Gasteiger partial charge in [0.1, 0.15) is 0 Å². The molecule has 0 aliphatic rings. The number of nitrogens with one attached hydrogen (secondary N) is 1. The molecule has 2 unspecified atom stereocenters. The Morgan fingerprint density at radius 2 is 1.71 bits per heavy atom. The third-order valence-corrected chi connectivity index (χ3v) is 3.19. The van der Waals surface area contributed by atoms with Crippen LogP contribution >= 0.6 is 0 Å². The van der Waals surface area contributed by atoms with Crippen molar-refractivity contribution < 1.29 is 4.74 Å². The van der Waals surface area contributed by atoms with E-state index in [0.29, 0.717) is 12.1 Å². The first-order valence-corrected chi connectivity index (χ1v) is 7.64. The van der Waals surface area contributed by atoms with Gasteiger partial charge in [-0.2, -0.15) is 0 Å². The first kappa shape index (κ1) is 16.9. The van der Waals surface area contributed by atoms with Crippen molar-refractivity contribution in [1.29, 1.82) is 0 Å². The van der Waals surface area contributed by atoms with Gasteiger partial charge in [0, 0.05) is 12.6 Å². The second kappa shape index (κ2) is 12.4. The summed E-state index contributed by atoms with van der Waals surface area (Å²) in [5, 5.41) is 3.64. The maximum absolute atomic E-state index is 6.04. The highest BCUT2D eigenvalue weighted by atomic mass is 16.5. The summed E-state index contributed by atoms with van der Waals surface area (Å²) in [5.41, 5.74) is 0. The van der Waals surface area contributed by atoms with Crippen molar-refractivity contribution in [3.63, 3.8) is 0 Å². The van der Waals surface area contributed by atoms with E-state index < -0.39 is 0 Å². The summed E-state index contributed by atoms with van der Waals surface area (Å²) in [7, 11) is 0. The second-order valence-corrected chi connectivity index (χ2v) is 4.87. The molecule has 1 N–H and O–H groups in total. The van der Waals surface area contributed by atoms with E-state index in [1.54, 1.807) is 0 Å². The maximum atomic E-state index is 6.04. The molecule has 2 heteroatoms. The number of hydrogen-bond acceptors (Lipinski definition) is 2. The molecule has 0 fully saturated rings. The number of rotatable bonds is 12. The summed E-state index contributed by atoms with van der Waals surface area (Å²) < 4.78 is 6.04. The third kappa shape index (κ3) is 8.62. The summed E-state index contributed by atoms with van der Waals surface area (Å²) in [6.07, 6.45) is 8.95. The van der Waals surface area contributed by atoms with Crippen LogP contribution in [0.3, 0.4) is 0 Å². The van der Waals surface area contributed by atoms with Crippen molar-refractivity contribution in [3.8, 4) is 0 Å². The second-order valence-electron chi connectivity index (χ2n) is 4.87. The van der Waals surface area contributed by atoms with Crippen molar-refractivity contribution in [2.24, 2.45) is 0 Å². The van der Waals surface area contributed by atoms with Crippen LogP contribution < -0.4 is 5.32 Å². The van der Waals surface area contributed by atoms with Gasteiger partial charge in [-0.3, -0.25) is 0 Å². The summed E-state index contributed by atoms with van der Waals surface area (Å²) in [4.78, 5) is 0. The Hall–Kier alpha value is -0.0800. The average molecular weight is 243 g/mol. The Morgan fingerprint density at radius 3 is 2.24 bits per heavy atom. The SMILES string of the molecule is CCCCCOC(CC)C(CCC)NCCC. The van der Waals surface area contributed by atoms with E-state index >= 15 is 0 Å². The van der Waals surface area contributed by atoms with Gasteiger partial charge in [0.05, 0.1) is 6.10 Å². The summed E-state index contributed by atoms with van der Waals surface area (Å²) in [6.45, 7) is 11.0. The van der Waals surface area contributed by atoms with Crippen LogP contribution in [0, 0.1) is 0 Å². The van der Waals surface area contributed by atoms with Gasteiger partial charge in [0.2, 0.25) is 0 Å². The lowest BCUT2D eigenvalue weighted by Crippen LogP contribution is -2.41. The van der Waals surface area contributed by atoms with E-state index in [4.69, 9.17) is 4.74 Å². The van der Waals surface area contributed by atoms with Crippen LogP contribution in [-0.2, 0) is 4.74 Å². The van der Waals surface area contributed by atoms with Crippen molar-refractivity contribution in [3.05, 3.63) is 0 Å². The first-order chi connectivity index (χ1) is 8.29. The predicted molar refractivity (Wildman–Crippen MR) is 76.5 cm³/mol. The van der Waals surface area contributed by atoms with Crippen molar-refractivity contribution in [2.75, 3.05) is 13.2 Å². The minimum absolute atomic E-state index is 0.401. The number of hydrogen-bond donors (Lipinski definition) is 1. The topological polar surface area (TPSA) is 21.3 Å². The standard InChI is InChI=1S/C15H33NO/c1-5-9-10-13-17-15(8-4)14(11-6-2)16-12-7-3/h14-16H,5-13H2,1-4H3. The lowest BCUT2D eigenvalue weighted by molar-refractivity contribution is 0.0196. The molecular weight excluding hydrogens is 210 g/mol. The van der Waals surface area contributed by atoms with Crippen molar-refractivity contribution in [2.45, 2.75) is 84.8 Å². The van der Waals surface area contributed by atoms with Gasteiger partial charge in [-0.15, -0.1) is 0 Å². The third-order valence-electron chi connectivity index (χ3n) is 3.19. The van der Waals surface area contributed by atoms with Gasteiger partial charge in [-0.1, -0.05) is 47.0 Å². The largest absolute Gasteiger partial charge is 0.377 e. The highest BCUT2D eigenvalue weighted by molar-refractivity contribution is 4.75. The molecule has 0 saturated carbocycles. The highest BCUT2D eigenvalue weighted by Crippen LogP contribution is 2.11. The molecule has 104 valence electrons. The zero-order chi connectivity index (χ0) is 12.9. The molecule has 0 amide bonds. The maximum Gasteiger partial charge on any atom is 0.0725 e. The normalized spacial score (nSPS) is 14.8. The molecule has 0 spiro atoms. The molecule has 0 aliphatic carbocycles. The van der Waals surface area contributed by atoms with Gasteiger partial charge >= 0.3 is 0 Å². The molecule has 0 aromatic carbocycles. The van der Waals surface area contributed by atoms with Gasteiger partial charge < -0.3 is 10.1 Å². The number of ether oxygens (including phenoxy) is 1. The van der Waals surface area contributed by atoms with Crippen LogP contribution in [-0.4, -0.2) is 25.3 Å². The molecule has 0 heterocycles. The van der Waals surface area contributed by atoms with Crippen LogP contribution in [0.1, 0.15) is 72.6 Å². The van der Waals surface area contributed by atoms with Crippen LogP contribution in [0.5, 0.6) is 0 Å². The summed E-state index contributed by atoms with van der Waals surface area (Å²) in [5.74, 6) is 0. The molecule has 0 bridgehead atoms. The Kier molecular flexibility index (Phi) is 12.3. The first-order valence-electron chi connectivity index (χ1n) is 7.64. The van der Waals surface area contributed by atoms with Crippen LogP contribution in [0.25, 0.3) is 0 Å². The Balaban J connectivity index is 3.95. The summed E-state index contributed by atoms with van der Waals surface area (Å²) in [6, 6.07) is 0.548. The van der Waals surface area contributed by atoms with Crippen LogP contribution in [0.4, 0.5) is 0 Å². The van der Waals surface area contributed by atoms with E-state index in [0.717, 1.165) is 19.6 Å². The molecule has 0 aliphatic heterocycles. The van der Waals surface area contributed by atoms with Gasteiger partial charge in [0.25, 0.3) is 0 Å². The monoisotopic (exact) mass is 243 g/mol. The molecule has 2 nitrogen and oxygen atoms in total. The number of unbranched alkanes of at least 4 members (excludes halogenated alkanes) is 2. The van der Waals surface area contributed by atoms with Crippen LogP contribution in [0.15, 0.2) is 0 Å². The zero-order valence-electron chi connectivity index (χ0n) is 12.4. The van der Waals surface area contributed by atoms with E-state index in [-0.39, 0.29) is 0 Å². The smallest absolute Gasteiger partial charge is 0.0725 e. The van der Waals surface area contributed by atoms with E-state index in [2.05, 4.69) is 33.0 Å². The lowest BCUT2D eigenvalue weighted by atomic mass is 10.0. The molecule has 2 atom stereocenters. The predicted octanol–water partition coefficient (Wildman–Crippen LogP) is 4.14. The Morgan fingerprint density at radius 1 is 0.941 bits per heavy atom. The fraction of sp³-hybridized carbons (Fsp3) is 1.00. The molecular formula is C15H33NO. The molecule has 0 saturated heterocycles. The van der Waals surface area contributed by atoms with Crippen molar-refractivity contribution in [1.82, 2.24) is 5.32 Å². The molecule has 17 heavy (non-hydrogen) atoms. The van der Waals surface area contributed by atoms with Crippen LogP contribution in [0.2, 0.25) is 0 Å². The zero-order valence-corrected chi connectivity index (χ0v) is 12.4. The lowest BCUT2D eigenvalue weighted by Gasteiger charge is -2.27. The van der Waals surface area contributed by atoms with E-state index in [1.165, 1.54) is 38.5 Å². The molecule has 0 aromatic heterocycles. The summed E-state index contributed by atoms with van der Waals surface area (Å²) >= 11 is 0. The van der Waals surface area contributed by atoms with E-state index in [9.17, 15) is 0 Å². The van der Waals surface area contributed by atoms with Gasteiger partial charge in [0.15, 0.2) is 0 Å². The van der Waals surface area contributed by atoms with E-state index in [1.807, 2.05) is 0 Å². The molecule has 0 aromatic rings. The van der Waals surface area contributed by atoms with Gasteiger partial charge in [-0.25, -0.2) is 0 Å². The highest BCUT2D eigenvalue weighted by Gasteiger charge is 2.18. The Labute approximate surface area is 109 Å². The fourth-order valence-electron chi connectivity index (χ4n) is 2.17.